The van der Waals surface area contributed by atoms with Crippen molar-refractivity contribution in [1.29, 1.82) is 0 Å². The van der Waals surface area contributed by atoms with E-state index in [-0.39, 0.29) is 0 Å². The number of thiophene rings is 1. The van der Waals surface area contributed by atoms with E-state index in [0.717, 1.165) is 11.4 Å². The lowest BCUT2D eigenvalue weighted by Crippen LogP contribution is -2.22. The predicted molar refractivity (Wildman–Crippen MR) is 69.1 cm³/mol. The van der Waals surface area contributed by atoms with Crippen LogP contribution >= 0.6 is 22.9 Å². The van der Waals surface area contributed by atoms with Crippen LogP contribution in [0.5, 0.6) is 0 Å². The van der Waals surface area contributed by atoms with E-state index in [4.69, 9.17) is 11.6 Å². The molecular weight excluding hydrogens is 226 g/mol. The van der Waals surface area contributed by atoms with Crippen LogP contribution in [0.15, 0.2) is 24.3 Å². The summed E-state index contributed by atoms with van der Waals surface area (Å²) >= 11 is 7.96. The van der Waals surface area contributed by atoms with Crippen molar-refractivity contribution in [2.24, 2.45) is 0 Å². The highest BCUT2D eigenvalue weighted by Gasteiger charge is 2.07. The maximum atomic E-state index is 6.13. The quantitative estimate of drug-likeness (QED) is 0.861. The molecule has 2 rings (SSSR count). The maximum Gasteiger partial charge on any atom is 0.0492 e. The molecule has 0 saturated heterocycles. The van der Waals surface area contributed by atoms with Crippen molar-refractivity contribution in [3.05, 3.63) is 34.2 Å². The fourth-order valence-electron chi connectivity index (χ4n) is 1.58. The van der Waals surface area contributed by atoms with Crippen LogP contribution in [-0.4, -0.2) is 13.1 Å². The molecule has 3 heteroatoms. The van der Waals surface area contributed by atoms with Crippen LogP contribution in [0.3, 0.4) is 0 Å². The molecule has 15 heavy (non-hydrogen) atoms. The van der Waals surface area contributed by atoms with Crippen molar-refractivity contribution >= 4 is 33.0 Å². The molecule has 0 radical (unpaired) electrons. The Kier molecular flexibility index (Phi) is 3.29. The molecule has 0 bridgehead atoms. The van der Waals surface area contributed by atoms with Gasteiger partial charge >= 0.3 is 0 Å². The Morgan fingerprint density at radius 1 is 1.47 bits per heavy atom. The Morgan fingerprint density at radius 2 is 2.27 bits per heavy atom. The van der Waals surface area contributed by atoms with E-state index in [9.17, 15) is 0 Å². The van der Waals surface area contributed by atoms with Gasteiger partial charge in [0.15, 0.2) is 0 Å². The molecule has 0 spiro atoms. The Bertz CT molecular complexity index is 464. The van der Waals surface area contributed by atoms with E-state index in [2.05, 4.69) is 24.4 Å². The van der Waals surface area contributed by atoms with Gasteiger partial charge in [0, 0.05) is 26.0 Å². The molecule has 0 saturated carbocycles. The van der Waals surface area contributed by atoms with Gasteiger partial charge in [-0.1, -0.05) is 17.7 Å². The second-order valence-electron chi connectivity index (χ2n) is 3.76. The molecule has 0 aliphatic rings. The first kappa shape index (κ1) is 10.9. The molecule has 0 fully saturated rings. The van der Waals surface area contributed by atoms with Gasteiger partial charge in [-0.3, -0.25) is 0 Å². The minimum absolute atomic E-state index is 0.511. The molecule has 0 amide bonds. The van der Waals surface area contributed by atoms with E-state index in [0.29, 0.717) is 6.04 Å². The molecule has 1 heterocycles. The number of hydrogen-bond acceptors (Lipinski definition) is 2. The minimum atomic E-state index is 0.511. The van der Waals surface area contributed by atoms with Crippen molar-refractivity contribution < 1.29 is 0 Å². The lowest BCUT2D eigenvalue weighted by Gasteiger charge is -2.06. The molecule has 1 N–H and O–H groups in total. The van der Waals surface area contributed by atoms with Crippen molar-refractivity contribution in [1.82, 2.24) is 5.32 Å². The van der Waals surface area contributed by atoms with Gasteiger partial charge in [-0.25, -0.2) is 0 Å². The third-order valence-electron chi connectivity index (χ3n) is 2.56. The molecule has 1 aromatic carbocycles. The van der Waals surface area contributed by atoms with Crippen LogP contribution in [0, 0.1) is 0 Å². The Morgan fingerprint density at radius 3 is 2.93 bits per heavy atom. The number of rotatable bonds is 3. The molecule has 80 valence electrons. The first-order valence-electron chi connectivity index (χ1n) is 5.05. The Labute approximate surface area is 99.1 Å². The standard InChI is InChI=1S/C12H14ClNS/c1-8(14-2)6-9-7-10-11(13)4-3-5-12(10)15-9/h3-5,7-8,14H,6H2,1-2H3. The monoisotopic (exact) mass is 239 g/mol. The molecule has 1 aromatic heterocycles. The second kappa shape index (κ2) is 4.52. The summed E-state index contributed by atoms with van der Waals surface area (Å²) in [6.07, 6.45) is 1.06. The summed E-state index contributed by atoms with van der Waals surface area (Å²) in [4.78, 5) is 1.39. The van der Waals surface area contributed by atoms with Crippen molar-refractivity contribution in [2.75, 3.05) is 7.05 Å². The summed E-state index contributed by atoms with van der Waals surface area (Å²) in [5, 5.41) is 5.28. The summed E-state index contributed by atoms with van der Waals surface area (Å²) in [7, 11) is 1.99. The molecule has 0 aliphatic heterocycles. The van der Waals surface area contributed by atoms with Crippen LogP contribution in [0.2, 0.25) is 5.02 Å². The normalized spacial score (nSPS) is 13.3. The molecule has 0 aliphatic carbocycles. The zero-order valence-electron chi connectivity index (χ0n) is 8.88. The fraction of sp³-hybridized carbons (Fsp3) is 0.333. The average molecular weight is 240 g/mol. The zero-order valence-corrected chi connectivity index (χ0v) is 10.5. The number of benzene rings is 1. The van der Waals surface area contributed by atoms with Crippen LogP contribution < -0.4 is 5.32 Å². The summed E-state index contributed by atoms with van der Waals surface area (Å²) in [6, 6.07) is 8.79. The number of halogens is 1. The minimum Gasteiger partial charge on any atom is -0.317 e. The smallest absolute Gasteiger partial charge is 0.0492 e. The fourth-order valence-corrected chi connectivity index (χ4v) is 3.09. The summed E-state index contributed by atoms with van der Waals surface area (Å²) in [6.45, 7) is 2.19. The Hall–Kier alpha value is -0.570. The molecule has 2 aromatic rings. The highest BCUT2D eigenvalue weighted by Crippen LogP contribution is 2.31. The van der Waals surface area contributed by atoms with E-state index in [1.165, 1.54) is 15.0 Å². The highest BCUT2D eigenvalue weighted by molar-refractivity contribution is 7.19. The van der Waals surface area contributed by atoms with Crippen molar-refractivity contribution in [3.63, 3.8) is 0 Å². The van der Waals surface area contributed by atoms with E-state index < -0.39 is 0 Å². The van der Waals surface area contributed by atoms with Gasteiger partial charge in [0.05, 0.1) is 0 Å². The van der Waals surface area contributed by atoms with Crippen molar-refractivity contribution in [2.45, 2.75) is 19.4 Å². The molecule has 1 unspecified atom stereocenters. The number of nitrogens with one attached hydrogen (secondary N) is 1. The second-order valence-corrected chi connectivity index (χ2v) is 5.33. The largest absolute Gasteiger partial charge is 0.317 e. The number of hydrogen-bond donors (Lipinski definition) is 1. The summed E-state index contributed by atoms with van der Waals surface area (Å²) in [5.41, 5.74) is 0. The molecule has 1 nitrogen and oxygen atoms in total. The Balaban J connectivity index is 2.35. The van der Waals surface area contributed by atoms with Crippen LogP contribution in [0.25, 0.3) is 10.1 Å². The van der Waals surface area contributed by atoms with Gasteiger partial charge in [-0.15, -0.1) is 11.3 Å². The van der Waals surface area contributed by atoms with Gasteiger partial charge in [0.1, 0.15) is 0 Å². The van der Waals surface area contributed by atoms with Gasteiger partial charge in [0.25, 0.3) is 0 Å². The maximum absolute atomic E-state index is 6.13. The highest BCUT2D eigenvalue weighted by atomic mass is 35.5. The van der Waals surface area contributed by atoms with Crippen LogP contribution in [0.4, 0.5) is 0 Å². The van der Waals surface area contributed by atoms with Crippen LogP contribution in [-0.2, 0) is 6.42 Å². The van der Waals surface area contributed by atoms with Crippen molar-refractivity contribution in [3.8, 4) is 0 Å². The molecular formula is C12H14ClNS. The van der Waals surface area contributed by atoms with E-state index in [1.54, 1.807) is 0 Å². The lowest BCUT2D eigenvalue weighted by molar-refractivity contribution is 0.613. The van der Waals surface area contributed by atoms with Gasteiger partial charge in [0.2, 0.25) is 0 Å². The first-order valence-corrected chi connectivity index (χ1v) is 6.24. The average Bonchev–Trinajstić information content (AvgIpc) is 2.62. The third-order valence-corrected chi connectivity index (χ3v) is 4.01. The van der Waals surface area contributed by atoms with E-state index in [1.807, 2.05) is 30.5 Å². The number of likely N-dealkylation sites (N-methyl/N-ethyl adjacent to an activating group) is 1. The first-order chi connectivity index (χ1) is 7.20. The molecule has 1 atom stereocenters. The van der Waals surface area contributed by atoms with Gasteiger partial charge in [-0.2, -0.15) is 0 Å². The summed E-state index contributed by atoms with van der Waals surface area (Å²) < 4.78 is 1.28. The predicted octanol–water partition coefficient (Wildman–Crippen LogP) is 3.71. The summed E-state index contributed by atoms with van der Waals surface area (Å²) in [5.74, 6) is 0. The zero-order chi connectivity index (χ0) is 10.8. The van der Waals surface area contributed by atoms with Gasteiger partial charge in [-0.05, 0) is 38.6 Å². The lowest BCUT2D eigenvalue weighted by atomic mass is 10.2. The number of fused-ring (bicyclic) bond motifs is 1. The topological polar surface area (TPSA) is 12.0 Å². The third kappa shape index (κ3) is 2.33. The SMILES string of the molecule is CNC(C)Cc1cc2c(Cl)cccc2s1. The van der Waals surface area contributed by atoms with Gasteiger partial charge < -0.3 is 5.32 Å². The van der Waals surface area contributed by atoms with Crippen LogP contribution in [0.1, 0.15) is 11.8 Å². The van der Waals surface area contributed by atoms with E-state index >= 15 is 0 Å².